The minimum atomic E-state index is -0.661. The van der Waals surface area contributed by atoms with Gasteiger partial charge in [-0.2, -0.15) is 5.10 Å². The van der Waals surface area contributed by atoms with Gasteiger partial charge in [0.15, 0.2) is 6.04 Å². The van der Waals surface area contributed by atoms with Gasteiger partial charge >= 0.3 is 0 Å². The predicted molar refractivity (Wildman–Crippen MR) is 87.1 cm³/mol. The molecule has 0 aliphatic rings. The molecular formula is C15H18Cl2N4O. The van der Waals surface area contributed by atoms with Gasteiger partial charge in [0.05, 0.1) is 0 Å². The Bertz CT molecular complexity index is 645. The van der Waals surface area contributed by atoms with Crippen LogP contribution in [0.25, 0.3) is 0 Å². The predicted octanol–water partition coefficient (Wildman–Crippen LogP) is 3.43. The van der Waals surface area contributed by atoms with Crippen molar-refractivity contribution in [3.05, 3.63) is 46.5 Å². The molecule has 0 fully saturated rings. The largest absolute Gasteiger partial charge is 0.341 e. The van der Waals surface area contributed by atoms with E-state index in [-0.39, 0.29) is 11.9 Å². The van der Waals surface area contributed by atoms with E-state index in [0.717, 1.165) is 6.42 Å². The summed E-state index contributed by atoms with van der Waals surface area (Å²) in [6.45, 7) is 4.04. The molecule has 2 atom stereocenters. The van der Waals surface area contributed by atoms with Crippen LogP contribution in [0.4, 0.5) is 0 Å². The number of halogens is 2. The number of amides is 1. The highest BCUT2D eigenvalue weighted by molar-refractivity contribution is 6.35. The van der Waals surface area contributed by atoms with Crippen molar-refractivity contribution in [2.75, 3.05) is 7.05 Å². The summed E-state index contributed by atoms with van der Waals surface area (Å²) in [7, 11) is 1.78. The fourth-order valence-electron chi connectivity index (χ4n) is 2.15. The quantitative estimate of drug-likeness (QED) is 0.837. The molecule has 0 spiro atoms. The third-order valence-electron chi connectivity index (χ3n) is 3.79. The van der Waals surface area contributed by atoms with Gasteiger partial charge in [0, 0.05) is 28.7 Å². The third-order valence-corrected chi connectivity index (χ3v) is 4.35. The Morgan fingerprint density at radius 3 is 2.68 bits per heavy atom. The molecule has 0 bridgehead atoms. The van der Waals surface area contributed by atoms with Gasteiger partial charge in [-0.05, 0) is 25.5 Å². The molecule has 2 aromatic rings. The van der Waals surface area contributed by atoms with Crippen molar-refractivity contribution in [2.45, 2.75) is 32.4 Å². The lowest BCUT2D eigenvalue weighted by Gasteiger charge is -2.29. The summed E-state index contributed by atoms with van der Waals surface area (Å²) in [5.74, 6) is -0.0935. The molecular weight excluding hydrogens is 323 g/mol. The summed E-state index contributed by atoms with van der Waals surface area (Å²) in [5.41, 5.74) is 0.650. The zero-order valence-corrected chi connectivity index (χ0v) is 14.2. The number of hydrogen-bond donors (Lipinski definition) is 0. The fourth-order valence-corrected chi connectivity index (χ4v) is 2.66. The molecule has 1 aromatic heterocycles. The van der Waals surface area contributed by atoms with Crippen molar-refractivity contribution in [1.82, 2.24) is 19.7 Å². The number of nitrogens with zero attached hydrogens (tertiary/aromatic N) is 4. The topological polar surface area (TPSA) is 51.0 Å². The van der Waals surface area contributed by atoms with Crippen LogP contribution < -0.4 is 0 Å². The van der Waals surface area contributed by atoms with Crippen LogP contribution in [-0.4, -0.2) is 38.7 Å². The second kappa shape index (κ2) is 7.11. The van der Waals surface area contributed by atoms with E-state index >= 15 is 0 Å². The van der Waals surface area contributed by atoms with Crippen molar-refractivity contribution >= 4 is 29.1 Å². The second-order valence-electron chi connectivity index (χ2n) is 5.15. The SMILES string of the molecule is CCC(C)N(C)C(=O)C(c1ccc(Cl)cc1Cl)n1cncn1. The Balaban J connectivity index is 2.46. The highest BCUT2D eigenvalue weighted by Crippen LogP contribution is 2.30. The maximum absolute atomic E-state index is 12.9. The average Bonchev–Trinajstić information content (AvgIpc) is 3.02. The molecule has 0 aliphatic heterocycles. The lowest BCUT2D eigenvalue weighted by atomic mass is 10.0. The van der Waals surface area contributed by atoms with Crippen LogP contribution in [0.15, 0.2) is 30.9 Å². The monoisotopic (exact) mass is 340 g/mol. The van der Waals surface area contributed by atoms with Crippen LogP contribution in [0, 0.1) is 0 Å². The van der Waals surface area contributed by atoms with Crippen LogP contribution in [0.1, 0.15) is 31.9 Å². The molecule has 118 valence electrons. The molecule has 1 amide bonds. The lowest BCUT2D eigenvalue weighted by Crippen LogP contribution is -2.40. The van der Waals surface area contributed by atoms with E-state index in [1.807, 2.05) is 13.8 Å². The second-order valence-corrected chi connectivity index (χ2v) is 5.99. The van der Waals surface area contributed by atoms with E-state index in [1.165, 1.54) is 17.3 Å². The summed E-state index contributed by atoms with van der Waals surface area (Å²) in [5, 5.41) is 5.06. The van der Waals surface area contributed by atoms with Crippen molar-refractivity contribution in [1.29, 1.82) is 0 Å². The summed E-state index contributed by atoms with van der Waals surface area (Å²) >= 11 is 12.2. The Labute approximate surface area is 139 Å². The van der Waals surface area contributed by atoms with Crippen LogP contribution in [-0.2, 0) is 4.79 Å². The smallest absolute Gasteiger partial charge is 0.252 e. The van der Waals surface area contributed by atoms with E-state index in [4.69, 9.17) is 23.2 Å². The number of carbonyl (C=O) groups is 1. The summed E-state index contributed by atoms with van der Waals surface area (Å²) in [6, 6.07) is 4.54. The molecule has 22 heavy (non-hydrogen) atoms. The molecule has 0 aliphatic carbocycles. The van der Waals surface area contributed by atoms with Crippen LogP contribution >= 0.6 is 23.2 Å². The number of benzene rings is 1. The molecule has 0 radical (unpaired) electrons. The number of rotatable bonds is 5. The van der Waals surface area contributed by atoms with Gasteiger partial charge in [0.1, 0.15) is 12.7 Å². The van der Waals surface area contributed by atoms with E-state index in [0.29, 0.717) is 15.6 Å². The minimum absolute atomic E-state index is 0.0935. The molecule has 5 nitrogen and oxygen atoms in total. The van der Waals surface area contributed by atoms with Crippen molar-refractivity contribution in [2.24, 2.45) is 0 Å². The van der Waals surface area contributed by atoms with Gasteiger partial charge in [0.25, 0.3) is 5.91 Å². The van der Waals surface area contributed by atoms with E-state index in [1.54, 1.807) is 30.1 Å². The molecule has 2 rings (SSSR count). The van der Waals surface area contributed by atoms with E-state index in [9.17, 15) is 4.79 Å². The van der Waals surface area contributed by atoms with Gasteiger partial charge in [0.2, 0.25) is 0 Å². The molecule has 0 saturated carbocycles. The third kappa shape index (κ3) is 3.42. The number of carbonyl (C=O) groups excluding carboxylic acids is 1. The van der Waals surface area contributed by atoms with Crippen LogP contribution in [0.3, 0.4) is 0 Å². The molecule has 1 heterocycles. The molecule has 2 unspecified atom stereocenters. The van der Waals surface area contributed by atoms with Gasteiger partial charge in [-0.3, -0.25) is 4.79 Å². The summed E-state index contributed by atoms with van der Waals surface area (Å²) in [6.07, 6.45) is 3.77. The van der Waals surface area contributed by atoms with Crippen molar-refractivity contribution in [3.8, 4) is 0 Å². The first-order valence-corrected chi connectivity index (χ1v) is 7.77. The molecule has 7 heteroatoms. The number of likely N-dealkylation sites (N-methyl/N-ethyl adjacent to an activating group) is 1. The lowest BCUT2D eigenvalue weighted by molar-refractivity contribution is -0.134. The van der Waals surface area contributed by atoms with Crippen LogP contribution in [0.5, 0.6) is 0 Å². The zero-order chi connectivity index (χ0) is 16.3. The van der Waals surface area contributed by atoms with E-state index < -0.39 is 6.04 Å². The van der Waals surface area contributed by atoms with Gasteiger partial charge < -0.3 is 4.90 Å². The normalized spacial score (nSPS) is 13.7. The highest BCUT2D eigenvalue weighted by Gasteiger charge is 2.30. The number of aromatic nitrogens is 3. The molecule has 0 saturated heterocycles. The Morgan fingerprint density at radius 1 is 1.41 bits per heavy atom. The van der Waals surface area contributed by atoms with E-state index in [2.05, 4.69) is 10.1 Å². The average molecular weight is 341 g/mol. The van der Waals surface area contributed by atoms with Gasteiger partial charge in [-0.1, -0.05) is 36.2 Å². The maximum atomic E-state index is 12.9. The highest BCUT2D eigenvalue weighted by atomic mass is 35.5. The van der Waals surface area contributed by atoms with Crippen molar-refractivity contribution in [3.63, 3.8) is 0 Å². The van der Waals surface area contributed by atoms with Crippen LogP contribution in [0.2, 0.25) is 10.0 Å². The molecule has 1 aromatic carbocycles. The number of hydrogen-bond acceptors (Lipinski definition) is 3. The Hall–Kier alpha value is -1.59. The standard InChI is InChI=1S/C15H18Cl2N4O/c1-4-10(2)20(3)15(22)14(21-9-18-8-19-21)12-6-5-11(16)7-13(12)17/h5-10,14H,4H2,1-3H3. The van der Waals surface area contributed by atoms with Gasteiger partial charge in [-0.25, -0.2) is 9.67 Å². The first-order chi connectivity index (χ1) is 10.5. The Kier molecular flexibility index (Phi) is 5.42. The fraction of sp³-hybridized carbons (Fsp3) is 0.400. The first kappa shape index (κ1) is 16.8. The summed E-state index contributed by atoms with van der Waals surface area (Å²) < 4.78 is 1.51. The van der Waals surface area contributed by atoms with Crippen molar-refractivity contribution < 1.29 is 4.79 Å². The summed E-state index contributed by atoms with van der Waals surface area (Å²) in [4.78, 5) is 18.6. The maximum Gasteiger partial charge on any atom is 0.252 e. The first-order valence-electron chi connectivity index (χ1n) is 7.01. The zero-order valence-electron chi connectivity index (χ0n) is 12.7. The Morgan fingerprint density at radius 2 is 2.14 bits per heavy atom. The molecule has 0 N–H and O–H groups in total. The minimum Gasteiger partial charge on any atom is -0.341 e. The van der Waals surface area contributed by atoms with Gasteiger partial charge in [-0.15, -0.1) is 0 Å².